The van der Waals surface area contributed by atoms with Crippen LogP contribution in [0.3, 0.4) is 0 Å². The van der Waals surface area contributed by atoms with Gasteiger partial charge >= 0.3 is 0 Å². The van der Waals surface area contributed by atoms with Crippen LogP contribution in [0.15, 0.2) is 18.2 Å². The van der Waals surface area contributed by atoms with Gasteiger partial charge in [-0.15, -0.1) is 0 Å². The molecule has 20 heavy (non-hydrogen) atoms. The Morgan fingerprint density at radius 3 is 2.65 bits per heavy atom. The number of benzene rings is 1. The minimum atomic E-state index is -0.0895. The topological polar surface area (TPSA) is 35.5 Å². The molecule has 0 unspecified atom stereocenters. The minimum Gasteiger partial charge on any atom is -0.393 e. The van der Waals surface area contributed by atoms with Crippen LogP contribution in [0.4, 0.5) is 5.69 Å². The van der Waals surface area contributed by atoms with Crippen molar-refractivity contribution in [2.45, 2.75) is 45.4 Å². The van der Waals surface area contributed by atoms with E-state index in [1.54, 1.807) is 0 Å². The van der Waals surface area contributed by atoms with Gasteiger partial charge in [-0.2, -0.15) is 0 Å². The molecular formula is C16H25ClN2O. The maximum Gasteiger partial charge on any atom is 0.0642 e. The number of nitrogens with zero attached hydrogens (tertiary/aromatic N) is 1. The molecule has 1 aliphatic rings. The molecule has 0 radical (unpaired) electrons. The second-order valence-electron chi connectivity index (χ2n) is 6.19. The summed E-state index contributed by atoms with van der Waals surface area (Å²) in [6.07, 6.45) is 1.74. The molecule has 0 spiro atoms. The first kappa shape index (κ1) is 15.6. The van der Waals surface area contributed by atoms with Crippen LogP contribution < -0.4 is 10.2 Å². The summed E-state index contributed by atoms with van der Waals surface area (Å²) >= 11 is 6.39. The van der Waals surface area contributed by atoms with Gasteiger partial charge in [-0.25, -0.2) is 0 Å². The van der Waals surface area contributed by atoms with Crippen molar-refractivity contribution in [2.75, 3.05) is 18.5 Å². The number of aliphatic hydroxyl groups excluding tert-OH is 1. The standard InChI is InChI=1S/C16H25ClN2O/c1-11(2)18-9-12-4-5-16(15(17)8-12)19(3)10-13-6-14(20)7-13/h4-5,8,11,13-14,18,20H,6-7,9-10H2,1-3H3. The van der Waals surface area contributed by atoms with Crippen molar-refractivity contribution in [1.82, 2.24) is 5.32 Å². The molecule has 0 aromatic heterocycles. The highest BCUT2D eigenvalue weighted by Gasteiger charge is 2.28. The second-order valence-corrected chi connectivity index (χ2v) is 6.60. The third kappa shape index (κ3) is 4.11. The quantitative estimate of drug-likeness (QED) is 0.847. The lowest BCUT2D eigenvalue weighted by molar-refractivity contribution is 0.0465. The van der Waals surface area contributed by atoms with Gasteiger partial charge in [-0.3, -0.25) is 0 Å². The van der Waals surface area contributed by atoms with Crippen molar-refractivity contribution >= 4 is 17.3 Å². The molecule has 1 aliphatic carbocycles. The van der Waals surface area contributed by atoms with Crippen LogP contribution in [0.25, 0.3) is 0 Å². The van der Waals surface area contributed by atoms with E-state index in [-0.39, 0.29) is 6.10 Å². The van der Waals surface area contributed by atoms with Crippen molar-refractivity contribution in [3.63, 3.8) is 0 Å². The molecule has 0 bridgehead atoms. The summed E-state index contributed by atoms with van der Waals surface area (Å²) in [5.41, 5.74) is 2.28. The van der Waals surface area contributed by atoms with E-state index in [1.165, 1.54) is 5.56 Å². The third-order valence-corrected chi connectivity index (χ3v) is 4.18. The van der Waals surface area contributed by atoms with Gasteiger partial charge < -0.3 is 15.3 Å². The minimum absolute atomic E-state index is 0.0895. The Bertz CT molecular complexity index is 444. The lowest BCUT2D eigenvalue weighted by atomic mass is 9.82. The van der Waals surface area contributed by atoms with Crippen LogP contribution in [0.5, 0.6) is 0 Å². The Labute approximate surface area is 126 Å². The van der Waals surface area contributed by atoms with Gasteiger partial charge in [0.05, 0.1) is 16.8 Å². The van der Waals surface area contributed by atoms with E-state index in [1.807, 2.05) is 6.07 Å². The van der Waals surface area contributed by atoms with E-state index >= 15 is 0 Å². The first-order valence-corrected chi connectivity index (χ1v) is 7.74. The SMILES string of the molecule is CC(C)NCc1ccc(N(C)CC2CC(O)C2)c(Cl)c1. The highest BCUT2D eigenvalue weighted by Crippen LogP contribution is 2.31. The molecule has 1 fully saturated rings. The number of nitrogens with one attached hydrogen (secondary N) is 1. The van der Waals surface area contributed by atoms with Crippen molar-refractivity contribution in [2.24, 2.45) is 5.92 Å². The average Bonchev–Trinajstić information content (AvgIpc) is 2.34. The monoisotopic (exact) mass is 296 g/mol. The van der Waals surface area contributed by atoms with Gasteiger partial charge in [0, 0.05) is 26.2 Å². The highest BCUT2D eigenvalue weighted by atomic mass is 35.5. The smallest absolute Gasteiger partial charge is 0.0642 e. The molecule has 1 aromatic rings. The Balaban J connectivity index is 1.94. The Hall–Kier alpha value is -0.770. The van der Waals surface area contributed by atoms with Gasteiger partial charge in [-0.05, 0) is 36.5 Å². The predicted molar refractivity (Wildman–Crippen MR) is 85.4 cm³/mol. The molecule has 0 amide bonds. The van der Waals surface area contributed by atoms with Gasteiger partial charge in [0.2, 0.25) is 0 Å². The molecule has 0 atom stereocenters. The maximum atomic E-state index is 9.35. The number of halogens is 1. The molecule has 0 saturated heterocycles. The maximum absolute atomic E-state index is 9.35. The summed E-state index contributed by atoms with van der Waals surface area (Å²) in [6.45, 7) is 6.07. The lowest BCUT2D eigenvalue weighted by Crippen LogP contribution is -2.37. The van der Waals surface area contributed by atoms with Crippen molar-refractivity contribution in [3.8, 4) is 0 Å². The predicted octanol–water partition coefficient (Wildman–Crippen LogP) is 3.05. The molecule has 4 heteroatoms. The lowest BCUT2D eigenvalue weighted by Gasteiger charge is -2.35. The summed E-state index contributed by atoms with van der Waals surface area (Å²) in [7, 11) is 2.07. The van der Waals surface area contributed by atoms with Crippen LogP contribution in [0.1, 0.15) is 32.3 Å². The van der Waals surface area contributed by atoms with Crippen LogP contribution in [0, 0.1) is 5.92 Å². The summed E-state index contributed by atoms with van der Waals surface area (Å²) in [5.74, 6) is 0.591. The van der Waals surface area contributed by atoms with E-state index in [2.05, 4.69) is 43.2 Å². The summed E-state index contributed by atoms with van der Waals surface area (Å²) < 4.78 is 0. The number of hydrogen-bond donors (Lipinski definition) is 2. The fourth-order valence-electron chi connectivity index (χ4n) is 2.63. The van der Waals surface area contributed by atoms with E-state index < -0.39 is 0 Å². The van der Waals surface area contributed by atoms with Gasteiger partial charge in [0.15, 0.2) is 0 Å². The zero-order valence-electron chi connectivity index (χ0n) is 12.6. The Kier molecular flexibility index (Phi) is 5.30. The summed E-state index contributed by atoms with van der Waals surface area (Å²) in [4.78, 5) is 2.19. The largest absolute Gasteiger partial charge is 0.393 e. The Morgan fingerprint density at radius 2 is 2.10 bits per heavy atom. The zero-order valence-corrected chi connectivity index (χ0v) is 13.3. The molecule has 1 saturated carbocycles. The number of anilines is 1. The van der Waals surface area contributed by atoms with Gasteiger partial charge in [0.1, 0.15) is 0 Å². The van der Waals surface area contributed by atoms with Crippen molar-refractivity contribution in [3.05, 3.63) is 28.8 Å². The first-order chi connectivity index (χ1) is 9.45. The van der Waals surface area contributed by atoms with Crippen molar-refractivity contribution in [1.29, 1.82) is 0 Å². The highest BCUT2D eigenvalue weighted by molar-refractivity contribution is 6.33. The molecule has 3 nitrogen and oxygen atoms in total. The number of aliphatic hydroxyl groups is 1. The fraction of sp³-hybridized carbons (Fsp3) is 0.625. The normalized spacial score (nSPS) is 21.9. The van der Waals surface area contributed by atoms with Gasteiger partial charge in [0.25, 0.3) is 0 Å². The molecule has 0 heterocycles. The molecule has 0 aliphatic heterocycles. The van der Waals surface area contributed by atoms with Crippen LogP contribution in [-0.4, -0.2) is 30.8 Å². The van der Waals surface area contributed by atoms with Crippen LogP contribution >= 0.6 is 11.6 Å². The first-order valence-electron chi connectivity index (χ1n) is 7.36. The van der Waals surface area contributed by atoms with E-state index in [4.69, 9.17) is 11.6 Å². The molecular weight excluding hydrogens is 272 g/mol. The fourth-order valence-corrected chi connectivity index (χ4v) is 2.97. The third-order valence-electron chi connectivity index (χ3n) is 3.88. The molecule has 1 aromatic carbocycles. The van der Waals surface area contributed by atoms with Crippen molar-refractivity contribution < 1.29 is 5.11 Å². The second kappa shape index (κ2) is 6.79. The van der Waals surface area contributed by atoms with Crippen LogP contribution in [-0.2, 0) is 6.54 Å². The van der Waals surface area contributed by atoms with Gasteiger partial charge in [-0.1, -0.05) is 31.5 Å². The van der Waals surface area contributed by atoms with E-state index in [9.17, 15) is 5.11 Å². The summed E-state index contributed by atoms with van der Waals surface area (Å²) in [6, 6.07) is 6.73. The summed E-state index contributed by atoms with van der Waals surface area (Å²) in [5, 5.41) is 13.5. The number of hydrogen-bond acceptors (Lipinski definition) is 3. The average molecular weight is 297 g/mol. The zero-order chi connectivity index (χ0) is 14.7. The molecule has 2 N–H and O–H groups in total. The molecule has 2 rings (SSSR count). The van der Waals surface area contributed by atoms with Crippen LogP contribution in [0.2, 0.25) is 5.02 Å². The van der Waals surface area contributed by atoms with E-state index in [0.29, 0.717) is 12.0 Å². The molecule has 112 valence electrons. The number of rotatable bonds is 6. The van der Waals surface area contributed by atoms with E-state index in [0.717, 1.165) is 36.6 Å². The Morgan fingerprint density at radius 1 is 1.40 bits per heavy atom.